The fourth-order valence-corrected chi connectivity index (χ4v) is 2.15. The van der Waals surface area contributed by atoms with Crippen LogP contribution < -0.4 is 4.90 Å². The van der Waals surface area contributed by atoms with Crippen molar-refractivity contribution in [3.05, 3.63) is 35.9 Å². The van der Waals surface area contributed by atoms with Gasteiger partial charge < -0.3 is 25.3 Å². The van der Waals surface area contributed by atoms with Crippen LogP contribution in [0.4, 0.5) is 0 Å². The summed E-state index contributed by atoms with van der Waals surface area (Å²) in [5, 5.41) is 37.1. The zero-order valence-corrected chi connectivity index (χ0v) is 11.2. The number of nitrogens with one attached hydrogen (secondary N) is 1. The molecule has 19 heavy (non-hydrogen) atoms. The Kier molecular flexibility index (Phi) is 6.97. The van der Waals surface area contributed by atoms with Crippen LogP contribution in [0.3, 0.4) is 0 Å². The van der Waals surface area contributed by atoms with Crippen molar-refractivity contribution in [1.82, 2.24) is 0 Å². The highest BCUT2D eigenvalue weighted by atomic mass is 16.3. The molecule has 1 aromatic carbocycles. The quantitative estimate of drug-likeness (QED) is 0.391. The molecule has 0 aliphatic heterocycles. The SMILES string of the molecule is C[C@H](c1ccccc1)[NH+](C[C@H](O)CO)C[C@@H](O)CO. The van der Waals surface area contributed by atoms with Gasteiger partial charge in [-0.05, 0) is 6.92 Å². The molecule has 108 valence electrons. The summed E-state index contributed by atoms with van der Waals surface area (Å²) in [4.78, 5) is 0.925. The first-order valence-corrected chi connectivity index (χ1v) is 6.55. The average molecular weight is 270 g/mol. The van der Waals surface area contributed by atoms with E-state index in [1.807, 2.05) is 37.3 Å². The van der Waals surface area contributed by atoms with Crippen LogP contribution >= 0.6 is 0 Å². The molecule has 0 spiro atoms. The number of aliphatic hydroxyl groups excluding tert-OH is 4. The smallest absolute Gasteiger partial charge is 0.126 e. The first kappa shape index (κ1) is 16.1. The van der Waals surface area contributed by atoms with Crippen LogP contribution in [-0.2, 0) is 0 Å². The van der Waals surface area contributed by atoms with Crippen LogP contribution in [0, 0.1) is 0 Å². The zero-order valence-electron chi connectivity index (χ0n) is 11.2. The fourth-order valence-electron chi connectivity index (χ4n) is 2.15. The zero-order chi connectivity index (χ0) is 14.3. The maximum Gasteiger partial charge on any atom is 0.126 e. The van der Waals surface area contributed by atoms with Crippen LogP contribution in [0.15, 0.2) is 30.3 Å². The van der Waals surface area contributed by atoms with Crippen LogP contribution in [0.1, 0.15) is 18.5 Å². The van der Waals surface area contributed by atoms with Crippen LogP contribution in [0.25, 0.3) is 0 Å². The average Bonchev–Trinajstić information content (AvgIpc) is 2.46. The summed E-state index contributed by atoms with van der Waals surface area (Å²) in [6.07, 6.45) is -1.65. The second kappa shape index (κ2) is 8.24. The Labute approximate surface area is 113 Å². The topological polar surface area (TPSA) is 85.4 Å². The summed E-state index contributed by atoms with van der Waals surface area (Å²) in [7, 11) is 0. The van der Waals surface area contributed by atoms with E-state index in [0.29, 0.717) is 13.1 Å². The highest BCUT2D eigenvalue weighted by Crippen LogP contribution is 2.07. The molecule has 1 unspecified atom stereocenters. The molecule has 5 N–H and O–H groups in total. The number of hydrogen-bond acceptors (Lipinski definition) is 4. The lowest BCUT2D eigenvalue weighted by Crippen LogP contribution is -3.14. The van der Waals surface area contributed by atoms with Gasteiger partial charge in [-0.15, -0.1) is 0 Å². The molecular weight excluding hydrogens is 246 g/mol. The van der Waals surface area contributed by atoms with Crippen molar-refractivity contribution in [3.63, 3.8) is 0 Å². The molecule has 0 aliphatic rings. The Balaban J connectivity index is 2.76. The molecule has 0 aliphatic carbocycles. The summed E-state index contributed by atoms with van der Waals surface area (Å²) >= 11 is 0. The van der Waals surface area contributed by atoms with E-state index >= 15 is 0 Å². The van der Waals surface area contributed by atoms with Gasteiger partial charge in [-0.25, -0.2) is 0 Å². The molecular formula is C14H24NO4+. The Morgan fingerprint density at radius 1 is 0.947 bits per heavy atom. The van der Waals surface area contributed by atoms with E-state index in [1.165, 1.54) is 0 Å². The monoisotopic (exact) mass is 270 g/mol. The molecule has 0 fully saturated rings. The number of hydrogen-bond donors (Lipinski definition) is 5. The van der Waals surface area contributed by atoms with Crippen molar-refractivity contribution in [3.8, 4) is 0 Å². The lowest BCUT2D eigenvalue weighted by atomic mass is 10.1. The standard InChI is InChI=1S/C14H23NO4/c1-11(12-5-3-2-4-6-12)15(7-13(18)9-16)8-14(19)10-17/h2-6,11,13-14,16-19H,7-10H2,1H3/p+1/t11-,13-,14+/m1/s1. The van der Waals surface area contributed by atoms with Gasteiger partial charge in [-0.2, -0.15) is 0 Å². The van der Waals surface area contributed by atoms with Gasteiger partial charge in [-0.3, -0.25) is 0 Å². The van der Waals surface area contributed by atoms with Crippen molar-refractivity contribution in [2.45, 2.75) is 25.2 Å². The number of benzene rings is 1. The predicted molar refractivity (Wildman–Crippen MR) is 71.7 cm³/mol. The summed E-state index contributed by atoms with van der Waals surface area (Å²) in [5.74, 6) is 0. The molecule has 0 saturated heterocycles. The lowest BCUT2D eigenvalue weighted by molar-refractivity contribution is -0.935. The Bertz CT molecular complexity index is 335. The molecule has 0 bridgehead atoms. The van der Waals surface area contributed by atoms with Crippen molar-refractivity contribution in [2.75, 3.05) is 26.3 Å². The van der Waals surface area contributed by atoms with Crippen molar-refractivity contribution >= 4 is 0 Å². The molecule has 1 aromatic rings. The molecule has 1 rings (SSSR count). The van der Waals surface area contributed by atoms with E-state index in [1.54, 1.807) is 0 Å². The summed E-state index contributed by atoms with van der Waals surface area (Å²) in [5.41, 5.74) is 1.09. The number of aliphatic hydroxyl groups is 4. The summed E-state index contributed by atoms with van der Waals surface area (Å²) in [6, 6.07) is 9.84. The second-order valence-corrected chi connectivity index (χ2v) is 4.87. The first-order chi connectivity index (χ1) is 9.08. The molecule has 0 radical (unpaired) electrons. The molecule has 0 amide bonds. The van der Waals surface area contributed by atoms with Crippen LogP contribution in [0.5, 0.6) is 0 Å². The fraction of sp³-hybridized carbons (Fsp3) is 0.571. The van der Waals surface area contributed by atoms with Crippen LogP contribution in [0.2, 0.25) is 0 Å². The maximum atomic E-state index is 9.59. The van der Waals surface area contributed by atoms with Gasteiger partial charge in [0.05, 0.1) is 13.2 Å². The van der Waals surface area contributed by atoms with E-state index in [2.05, 4.69) is 0 Å². The number of quaternary nitrogens is 1. The molecule has 0 aromatic heterocycles. The lowest BCUT2D eigenvalue weighted by Gasteiger charge is -2.29. The minimum atomic E-state index is -0.827. The van der Waals surface area contributed by atoms with Gasteiger partial charge in [0.25, 0.3) is 0 Å². The Morgan fingerprint density at radius 3 is 1.84 bits per heavy atom. The maximum absolute atomic E-state index is 9.59. The van der Waals surface area contributed by atoms with Gasteiger partial charge in [-0.1, -0.05) is 30.3 Å². The highest BCUT2D eigenvalue weighted by molar-refractivity contribution is 5.16. The van der Waals surface area contributed by atoms with Gasteiger partial charge in [0.2, 0.25) is 0 Å². The van der Waals surface area contributed by atoms with E-state index in [4.69, 9.17) is 10.2 Å². The second-order valence-electron chi connectivity index (χ2n) is 4.87. The van der Waals surface area contributed by atoms with E-state index in [9.17, 15) is 10.2 Å². The summed E-state index contributed by atoms with van der Waals surface area (Å²) in [6.45, 7) is 2.03. The first-order valence-electron chi connectivity index (χ1n) is 6.55. The van der Waals surface area contributed by atoms with Gasteiger partial charge in [0, 0.05) is 5.56 Å². The van der Waals surface area contributed by atoms with Gasteiger partial charge >= 0.3 is 0 Å². The Morgan fingerprint density at radius 2 is 1.42 bits per heavy atom. The predicted octanol–water partition coefficient (Wildman–Crippen LogP) is -1.66. The van der Waals surface area contributed by atoms with E-state index in [-0.39, 0.29) is 19.3 Å². The van der Waals surface area contributed by atoms with Crippen molar-refractivity contribution in [1.29, 1.82) is 0 Å². The third-order valence-electron chi connectivity index (χ3n) is 3.33. The van der Waals surface area contributed by atoms with E-state index < -0.39 is 12.2 Å². The van der Waals surface area contributed by atoms with Crippen molar-refractivity contribution < 1.29 is 25.3 Å². The number of rotatable bonds is 8. The largest absolute Gasteiger partial charge is 0.393 e. The van der Waals surface area contributed by atoms with Crippen molar-refractivity contribution in [2.24, 2.45) is 0 Å². The molecule has 0 heterocycles. The third kappa shape index (κ3) is 5.26. The highest BCUT2D eigenvalue weighted by Gasteiger charge is 2.24. The van der Waals surface area contributed by atoms with E-state index in [0.717, 1.165) is 10.5 Å². The van der Waals surface area contributed by atoms with Gasteiger partial charge in [0.1, 0.15) is 31.3 Å². The minimum Gasteiger partial charge on any atom is -0.393 e. The van der Waals surface area contributed by atoms with Crippen LogP contribution in [-0.4, -0.2) is 58.9 Å². The normalized spacial score (nSPS) is 17.7. The molecule has 5 nitrogen and oxygen atoms in total. The third-order valence-corrected chi connectivity index (χ3v) is 3.33. The molecule has 4 atom stereocenters. The minimum absolute atomic E-state index is 0.0589. The molecule has 0 saturated carbocycles. The molecule has 5 heteroatoms. The Hall–Kier alpha value is -0.980. The summed E-state index contributed by atoms with van der Waals surface area (Å²) < 4.78 is 0. The van der Waals surface area contributed by atoms with Gasteiger partial charge in [0.15, 0.2) is 0 Å².